The third kappa shape index (κ3) is 2.33. The van der Waals surface area contributed by atoms with Crippen LogP contribution in [0, 0.1) is 18.3 Å². The molecule has 2 rings (SSSR count). The summed E-state index contributed by atoms with van der Waals surface area (Å²) in [6.07, 6.45) is 0. The van der Waals surface area contributed by atoms with Gasteiger partial charge in [0.05, 0.1) is 5.56 Å². The van der Waals surface area contributed by atoms with Crippen LogP contribution in [-0.4, -0.2) is 11.5 Å². The van der Waals surface area contributed by atoms with Gasteiger partial charge in [-0.3, -0.25) is 0 Å². The molecule has 3 nitrogen and oxygen atoms in total. The molecular weight excluding hydrogens is 222 g/mol. The maximum Gasteiger partial charge on any atom is 0.144 e. The van der Waals surface area contributed by atoms with E-state index in [9.17, 15) is 5.26 Å². The molecule has 0 atom stereocenters. The molecule has 1 aromatic heterocycles. The van der Waals surface area contributed by atoms with Crippen molar-refractivity contribution in [2.45, 2.75) is 13.8 Å². The molecule has 0 fully saturated rings. The van der Waals surface area contributed by atoms with Crippen LogP contribution >= 0.6 is 0 Å². The summed E-state index contributed by atoms with van der Waals surface area (Å²) in [6.45, 7) is 4.71. The van der Waals surface area contributed by atoms with Crippen LogP contribution in [0.15, 0.2) is 36.4 Å². The van der Waals surface area contributed by atoms with E-state index < -0.39 is 0 Å². The highest BCUT2D eigenvalue weighted by atomic mass is 15.0. The molecule has 0 aliphatic carbocycles. The molecule has 0 spiro atoms. The van der Waals surface area contributed by atoms with Crippen LogP contribution in [0.25, 0.3) is 11.1 Å². The molecule has 0 saturated carbocycles. The van der Waals surface area contributed by atoms with E-state index >= 15 is 0 Å². The topological polar surface area (TPSA) is 48.7 Å². The second kappa shape index (κ2) is 5.33. The van der Waals surface area contributed by atoms with Crippen LogP contribution in [-0.2, 0) is 0 Å². The van der Waals surface area contributed by atoms with E-state index in [1.165, 1.54) is 0 Å². The van der Waals surface area contributed by atoms with Crippen molar-refractivity contribution in [2.24, 2.45) is 0 Å². The quantitative estimate of drug-likeness (QED) is 0.890. The van der Waals surface area contributed by atoms with Crippen molar-refractivity contribution in [1.82, 2.24) is 4.98 Å². The minimum atomic E-state index is 0.585. The summed E-state index contributed by atoms with van der Waals surface area (Å²) in [4.78, 5) is 4.48. The maximum atomic E-state index is 9.18. The number of hydrogen-bond acceptors (Lipinski definition) is 3. The highest BCUT2D eigenvalue weighted by Gasteiger charge is 2.09. The lowest BCUT2D eigenvalue weighted by Gasteiger charge is -2.10. The Morgan fingerprint density at radius 2 is 2.00 bits per heavy atom. The van der Waals surface area contributed by atoms with Crippen molar-refractivity contribution in [3.8, 4) is 17.2 Å². The number of anilines is 1. The molecule has 0 bridgehead atoms. The average molecular weight is 237 g/mol. The number of aromatic nitrogens is 1. The summed E-state index contributed by atoms with van der Waals surface area (Å²) in [5, 5.41) is 12.3. The van der Waals surface area contributed by atoms with Gasteiger partial charge in [0.25, 0.3) is 0 Å². The molecular formula is C15H15N3. The van der Waals surface area contributed by atoms with Gasteiger partial charge in [0, 0.05) is 17.8 Å². The number of pyridine rings is 1. The molecule has 2 aromatic rings. The molecule has 1 aromatic carbocycles. The van der Waals surface area contributed by atoms with Crippen LogP contribution < -0.4 is 5.32 Å². The van der Waals surface area contributed by atoms with Crippen LogP contribution in [0.5, 0.6) is 0 Å². The SMILES string of the molecule is CCNc1nc(C)c(-c2ccccc2)cc1C#N. The summed E-state index contributed by atoms with van der Waals surface area (Å²) in [5.41, 5.74) is 3.60. The molecule has 1 N–H and O–H groups in total. The minimum Gasteiger partial charge on any atom is -0.369 e. The Balaban J connectivity index is 2.54. The summed E-state index contributed by atoms with van der Waals surface area (Å²) >= 11 is 0. The lowest BCUT2D eigenvalue weighted by atomic mass is 10.0. The predicted octanol–water partition coefficient (Wildman–Crippen LogP) is 3.36. The number of nitrogens with zero attached hydrogens (tertiary/aromatic N) is 2. The first-order valence-electron chi connectivity index (χ1n) is 5.97. The van der Waals surface area contributed by atoms with Crippen molar-refractivity contribution < 1.29 is 0 Å². The van der Waals surface area contributed by atoms with Gasteiger partial charge in [0.1, 0.15) is 11.9 Å². The zero-order chi connectivity index (χ0) is 13.0. The number of hydrogen-bond donors (Lipinski definition) is 1. The van der Waals surface area contributed by atoms with Gasteiger partial charge in [-0.25, -0.2) is 4.98 Å². The van der Waals surface area contributed by atoms with Crippen LogP contribution in [0.1, 0.15) is 18.2 Å². The Morgan fingerprint density at radius 1 is 1.28 bits per heavy atom. The molecule has 0 aliphatic heterocycles. The minimum absolute atomic E-state index is 0.585. The Kier molecular flexibility index (Phi) is 3.59. The van der Waals surface area contributed by atoms with Crippen molar-refractivity contribution in [1.29, 1.82) is 5.26 Å². The van der Waals surface area contributed by atoms with Gasteiger partial charge in [-0.15, -0.1) is 0 Å². The Labute approximate surface area is 107 Å². The lowest BCUT2D eigenvalue weighted by molar-refractivity contribution is 1.12. The van der Waals surface area contributed by atoms with Crippen molar-refractivity contribution in [2.75, 3.05) is 11.9 Å². The van der Waals surface area contributed by atoms with Gasteiger partial charge in [0.15, 0.2) is 0 Å². The Bertz CT molecular complexity index is 583. The summed E-state index contributed by atoms with van der Waals surface area (Å²) in [5.74, 6) is 0.664. The summed E-state index contributed by atoms with van der Waals surface area (Å²) in [6, 6.07) is 14.1. The zero-order valence-electron chi connectivity index (χ0n) is 10.6. The fourth-order valence-corrected chi connectivity index (χ4v) is 1.90. The second-order valence-corrected chi connectivity index (χ2v) is 4.03. The van der Waals surface area contributed by atoms with Gasteiger partial charge in [-0.2, -0.15) is 5.26 Å². The largest absolute Gasteiger partial charge is 0.369 e. The lowest BCUT2D eigenvalue weighted by Crippen LogP contribution is -2.04. The Morgan fingerprint density at radius 3 is 2.61 bits per heavy atom. The second-order valence-electron chi connectivity index (χ2n) is 4.03. The van der Waals surface area contributed by atoms with Crippen molar-refractivity contribution in [3.63, 3.8) is 0 Å². The molecule has 1 heterocycles. The van der Waals surface area contributed by atoms with Crippen LogP contribution in [0.3, 0.4) is 0 Å². The van der Waals surface area contributed by atoms with E-state index in [1.807, 2.05) is 50.2 Å². The van der Waals surface area contributed by atoms with Gasteiger partial charge in [0.2, 0.25) is 0 Å². The van der Waals surface area contributed by atoms with E-state index in [0.29, 0.717) is 11.4 Å². The molecule has 0 aliphatic rings. The highest BCUT2D eigenvalue weighted by molar-refractivity contribution is 5.70. The van der Waals surface area contributed by atoms with Gasteiger partial charge >= 0.3 is 0 Å². The number of aryl methyl sites for hydroxylation is 1. The summed E-state index contributed by atoms with van der Waals surface area (Å²) in [7, 11) is 0. The van der Waals surface area contributed by atoms with E-state index in [1.54, 1.807) is 0 Å². The molecule has 0 unspecified atom stereocenters. The normalized spacial score (nSPS) is 9.83. The van der Waals surface area contributed by atoms with E-state index in [0.717, 1.165) is 23.4 Å². The standard InChI is InChI=1S/C15H15N3/c1-3-17-15-13(10-16)9-14(11(2)18-15)12-7-5-4-6-8-12/h4-9H,3H2,1-2H3,(H,17,18). The molecule has 0 amide bonds. The average Bonchev–Trinajstić information content (AvgIpc) is 2.40. The van der Waals surface area contributed by atoms with Gasteiger partial charge < -0.3 is 5.32 Å². The van der Waals surface area contributed by atoms with E-state index in [4.69, 9.17) is 0 Å². The fraction of sp³-hybridized carbons (Fsp3) is 0.200. The molecule has 0 radical (unpaired) electrons. The zero-order valence-corrected chi connectivity index (χ0v) is 10.6. The van der Waals surface area contributed by atoms with Crippen LogP contribution in [0.2, 0.25) is 0 Å². The molecule has 3 heteroatoms. The number of nitriles is 1. The number of rotatable bonds is 3. The predicted molar refractivity (Wildman–Crippen MR) is 73.3 cm³/mol. The smallest absolute Gasteiger partial charge is 0.144 e. The monoisotopic (exact) mass is 237 g/mol. The molecule has 0 saturated heterocycles. The first-order chi connectivity index (χ1) is 8.76. The maximum absolute atomic E-state index is 9.18. The fourth-order valence-electron chi connectivity index (χ4n) is 1.90. The van der Waals surface area contributed by atoms with Gasteiger partial charge in [-0.1, -0.05) is 30.3 Å². The number of benzene rings is 1. The third-order valence-electron chi connectivity index (χ3n) is 2.76. The number of nitrogens with one attached hydrogen (secondary N) is 1. The van der Waals surface area contributed by atoms with E-state index in [2.05, 4.69) is 16.4 Å². The van der Waals surface area contributed by atoms with Crippen molar-refractivity contribution in [3.05, 3.63) is 47.7 Å². The Hall–Kier alpha value is -2.34. The third-order valence-corrected chi connectivity index (χ3v) is 2.76. The van der Waals surface area contributed by atoms with Crippen LogP contribution in [0.4, 0.5) is 5.82 Å². The van der Waals surface area contributed by atoms with Crippen molar-refractivity contribution >= 4 is 5.82 Å². The summed E-state index contributed by atoms with van der Waals surface area (Å²) < 4.78 is 0. The first-order valence-corrected chi connectivity index (χ1v) is 5.97. The molecule has 18 heavy (non-hydrogen) atoms. The highest BCUT2D eigenvalue weighted by Crippen LogP contribution is 2.26. The van der Waals surface area contributed by atoms with Gasteiger partial charge in [-0.05, 0) is 25.5 Å². The van der Waals surface area contributed by atoms with E-state index in [-0.39, 0.29) is 0 Å². The molecule has 90 valence electrons. The first kappa shape index (κ1) is 12.1.